The monoisotopic (exact) mass is 577 g/mol. The van der Waals surface area contributed by atoms with E-state index in [1.165, 1.54) is 0 Å². The summed E-state index contributed by atoms with van der Waals surface area (Å²) in [6, 6.07) is 17.3. The second-order valence-corrected chi connectivity index (χ2v) is 11.0. The van der Waals surface area contributed by atoms with Gasteiger partial charge in [-0.25, -0.2) is 0 Å². The van der Waals surface area contributed by atoms with Crippen molar-refractivity contribution >= 4 is 0 Å². The van der Waals surface area contributed by atoms with Crippen LogP contribution in [-0.4, -0.2) is 78.6 Å². The average molecular weight is 578 g/mol. The van der Waals surface area contributed by atoms with Gasteiger partial charge in [0, 0.05) is 36.3 Å². The van der Waals surface area contributed by atoms with Gasteiger partial charge in [0.15, 0.2) is 23.0 Å². The molecule has 1 aromatic heterocycles. The van der Waals surface area contributed by atoms with E-state index in [0.717, 1.165) is 61.3 Å². The topological polar surface area (TPSA) is 96.8 Å². The molecule has 5 rings (SSSR count). The normalized spacial score (nSPS) is 20.8. The van der Waals surface area contributed by atoms with Gasteiger partial charge in [0.05, 0.1) is 52.0 Å². The molecule has 2 aliphatic heterocycles. The third-order valence-electron chi connectivity index (χ3n) is 8.66. The van der Waals surface area contributed by atoms with Crippen LogP contribution in [0.4, 0.5) is 0 Å². The van der Waals surface area contributed by atoms with E-state index in [4.69, 9.17) is 23.9 Å². The number of hydrogen-bond donors (Lipinski definition) is 2. The van der Waals surface area contributed by atoms with E-state index < -0.39 is 12.2 Å². The molecule has 2 aliphatic rings. The fourth-order valence-corrected chi connectivity index (χ4v) is 6.64. The highest BCUT2D eigenvalue weighted by molar-refractivity contribution is 5.49. The molecule has 3 heterocycles. The third-order valence-corrected chi connectivity index (χ3v) is 8.66. The molecule has 0 spiro atoms. The third kappa shape index (κ3) is 6.20. The maximum atomic E-state index is 11.4. The van der Waals surface area contributed by atoms with Gasteiger partial charge in [-0.15, -0.1) is 0 Å². The van der Waals surface area contributed by atoms with Gasteiger partial charge in [0.1, 0.15) is 0 Å². The molecule has 0 aliphatic carbocycles. The molecular formula is C33H43N3O6. The maximum Gasteiger partial charge on any atom is 0.166 e. The SMILES string of the molecule is COc1cccc(C(O)C2CCCN2Cc2cccc(CN3CCCC3C(O)c3cccc(OC)c3OC)n2)c1OC. The number of likely N-dealkylation sites (tertiary alicyclic amines) is 2. The van der Waals surface area contributed by atoms with Crippen molar-refractivity contribution in [3.63, 3.8) is 0 Å². The van der Waals surface area contributed by atoms with Crippen molar-refractivity contribution in [2.24, 2.45) is 0 Å². The number of aliphatic hydroxyl groups is 2. The molecule has 0 amide bonds. The summed E-state index contributed by atoms with van der Waals surface area (Å²) < 4.78 is 22.1. The number of aromatic nitrogens is 1. The fraction of sp³-hybridized carbons (Fsp3) is 0.485. The second kappa shape index (κ2) is 13.7. The van der Waals surface area contributed by atoms with E-state index in [9.17, 15) is 10.2 Å². The van der Waals surface area contributed by atoms with E-state index in [1.54, 1.807) is 28.4 Å². The van der Waals surface area contributed by atoms with Crippen LogP contribution in [0.25, 0.3) is 0 Å². The van der Waals surface area contributed by atoms with Crippen molar-refractivity contribution in [2.75, 3.05) is 41.5 Å². The van der Waals surface area contributed by atoms with Crippen LogP contribution in [0.5, 0.6) is 23.0 Å². The maximum absolute atomic E-state index is 11.4. The molecular weight excluding hydrogens is 534 g/mol. The lowest BCUT2D eigenvalue weighted by atomic mass is 9.98. The molecule has 2 N–H and O–H groups in total. The molecule has 4 atom stereocenters. The molecule has 0 saturated carbocycles. The lowest BCUT2D eigenvalue weighted by Crippen LogP contribution is -2.35. The summed E-state index contributed by atoms with van der Waals surface area (Å²) in [6.07, 6.45) is 2.39. The van der Waals surface area contributed by atoms with Crippen molar-refractivity contribution in [1.29, 1.82) is 0 Å². The summed E-state index contributed by atoms with van der Waals surface area (Å²) in [5.74, 6) is 2.38. The van der Waals surface area contributed by atoms with Gasteiger partial charge in [-0.3, -0.25) is 14.8 Å². The Morgan fingerprint density at radius 1 is 0.667 bits per heavy atom. The fourth-order valence-electron chi connectivity index (χ4n) is 6.64. The van der Waals surface area contributed by atoms with Gasteiger partial charge in [-0.1, -0.05) is 30.3 Å². The largest absolute Gasteiger partial charge is 0.493 e. The molecule has 2 fully saturated rings. The van der Waals surface area contributed by atoms with Crippen LogP contribution in [0, 0.1) is 0 Å². The Balaban J connectivity index is 1.28. The second-order valence-electron chi connectivity index (χ2n) is 11.0. The molecule has 4 unspecified atom stereocenters. The number of methoxy groups -OCH3 is 4. The number of rotatable bonds is 12. The van der Waals surface area contributed by atoms with Crippen LogP contribution in [0.2, 0.25) is 0 Å². The van der Waals surface area contributed by atoms with Gasteiger partial charge in [0.2, 0.25) is 0 Å². The molecule has 0 radical (unpaired) electrons. The summed E-state index contributed by atoms with van der Waals surface area (Å²) in [5.41, 5.74) is 3.41. The average Bonchev–Trinajstić information content (AvgIpc) is 3.69. The minimum Gasteiger partial charge on any atom is -0.493 e. The molecule has 226 valence electrons. The zero-order valence-corrected chi connectivity index (χ0v) is 25.0. The molecule has 2 aromatic carbocycles. The quantitative estimate of drug-likeness (QED) is 0.322. The molecule has 3 aromatic rings. The predicted molar refractivity (Wildman–Crippen MR) is 160 cm³/mol. The van der Waals surface area contributed by atoms with E-state index in [-0.39, 0.29) is 12.1 Å². The predicted octanol–water partition coefficient (Wildman–Crippen LogP) is 4.51. The van der Waals surface area contributed by atoms with Gasteiger partial charge < -0.3 is 29.2 Å². The number of aliphatic hydroxyl groups excluding tert-OH is 2. The summed E-state index contributed by atoms with van der Waals surface area (Å²) in [6.45, 7) is 3.08. The van der Waals surface area contributed by atoms with Gasteiger partial charge >= 0.3 is 0 Å². The van der Waals surface area contributed by atoms with Crippen LogP contribution < -0.4 is 18.9 Å². The highest BCUT2D eigenvalue weighted by Gasteiger charge is 2.35. The Labute approximate surface area is 248 Å². The zero-order valence-electron chi connectivity index (χ0n) is 25.0. The van der Waals surface area contributed by atoms with Crippen LogP contribution in [-0.2, 0) is 13.1 Å². The summed E-state index contributed by atoms with van der Waals surface area (Å²) in [7, 11) is 6.42. The Bertz CT molecular complexity index is 1240. The highest BCUT2D eigenvalue weighted by Crippen LogP contribution is 2.41. The van der Waals surface area contributed by atoms with Crippen molar-refractivity contribution in [3.8, 4) is 23.0 Å². The number of hydrogen-bond acceptors (Lipinski definition) is 9. The highest BCUT2D eigenvalue weighted by atomic mass is 16.5. The Morgan fingerprint density at radius 2 is 1.10 bits per heavy atom. The van der Waals surface area contributed by atoms with E-state index in [1.807, 2.05) is 36.4 Å². The Hall–Kier alpha value is -3.37. The van der Waals surface area contributed by atoms with Crippen molar-refractivity contribution < 1.29 is 29.2 Å². The molecule has 9 nitrogen and oxygen atoms in total. The first kappa shape index (κ1) is 30.1. The Kier molecular flexibility index (Phi) is 9.84. The molecule has 9 heteroatoms. The summed E-state index contributed by atoms with van der Waals surface area (Å²) in [5, 5.41) is 22.9. The van der Waals surface area contributed by atoms with Gasteiger partial charge in [-0.05, 0) is 63.0 Å². The number of nitrogens with zero attached hydrogens (tertiary/aromatic N) is 3. The first-order valence-corrected chi connectivity index (χ1v) is 14.7. The number of ether oxygens (including phenoxy) is 4. The van der Waals surface area contributed by atoms with Crippen molar-refractivity contribution in [3.05, 3.63) is 77.1 Å². The Morgan fingerprint density at radius 3 is 1.50 bits per heavy atom. The standard InChI is InChI=1S/C33H43N3O6/c1-39-28-16-6-12-24(32(28)41-3)30(37)26-14-8-18-35(26)20-22-10-5-11-23(34-22)21-36-19-9-15-27(36)31(38)25-13-7-17-29(40-2)33(25)42-4/h5-7,10-13,16-17,26-27,30-31,37-38H,8-9,14-15,18-21H2,1-4H3. The van der Waals surface area contributed by atoms with Crippen LogP contribution in [0.1, 0.15) is 60.4 Å². The van der Waals surface area contributed by atoms with Crippen LogP contribution in [0.15, 0.2) is 54.6 Å². The number of pyridine rings is 1. The van der Waals surface area contributed by atoms with Crippen LogP contribution >= 0.6 is 0 Å². The van der Waals surface area contributed by atoms with E-state index in [2.05, 4.69) is 28.0 Å². The van der Waals surface area contributed by atoms with Crippen molar-refractivity contribution in [2.45, 2.75) is 63.1 Å². The lowest BCUT2D eigenvalue weighted by molar-refractivity contribution is 0.0646. The zero-order chi connectivity index (χ0) is 29.6. The minimum absolute atomic E-state index is 0.0487. The first-order chi connectivity index (χ1) is 20.5. The molecule has 42 heavy (non-hydrogen) atoms. The summed E-state index contributed by atoms with van der Waals surface area (Å²) >= 11 is 0. The van der Waals surface area contributed by atoms with E-state index in [0.29, 0.717) is 36.1 Å². The van der Waals surface area contributed by atoms with E-state index >= 15 is 0 Å². The summed E-state index contributed by atoms with van der Waals surface area (Å²) in [4.78, 5) is 9.64. The molecule has 2 saturated heterocycles. The molecule has 0 bridgehead atoms. The van der Waals surface area contributed by atoms with Gasteiger partial charge in [0.25, 0.3) is 0 Å². The minimum atomic E-state index is -0.707. The number of para-hydroxylation sites is 2. The van der Waals surface area contributed by atoms with Crippen LogP contribution in [0.3, 0.4) is 0 Å². The number of benzene rings is 2. The van der Waals surface area contributed by atoms with Gasteiger partial charge in [-0.2, -0.15) is 0 Å². The smallest absolute Gasteiger partial charge is 0.166 e. The van der Waals surface area contributed by atoms with Crippen molar-refractivity contribution in [1.82, 2.24) is 14.8 Å². The first-order valence-electron chi connectivity index (χ1n) is 14.7. The lowest BCUT2D eigenvalue weighted by Gasteiger charge is -2.30.